The number of nitro benzene ring substituents is 1. The fraction of sp³-hybridized carbons (Fsp3) is 0.0952. The molecule has 0 aromatic heterocycles. The minimum Gasteiger partial charge on any atom is -0.341 e. The smallest absolute Gasteiger partial charge is 0.269 e. The number of non-ortho nitro benzene ring substituents is 1. The molecule has 1 N–H and O–H groups in total. The van der Waals surface area contributed by atoms with Crippen molar-refractivity contribution in [3.63, 3.8) is 0 Å². The molecule has 0 heterocycles. The van der Waals surface area contributed by atoms with E-state index in [-0.39, 0.29) is 11.6 Å². The average molecular weight is 381 g/mol. The zero-order chi connectivity index (χ0) is 19.4. The Bertz CT molecular complexity index is 972. The average Bonchev–Trinajstić information content (AvgIpc) is 2.67. The van der Waals surface area contributed by atoms with Gasteiger partial charge in [0.2, 0.25) is 0 Å². The summed E-state index contributed by atoms with van der Waals surface area (Å²) < 4.78 is 0. The molecule has 0 saturated carbocycles. The van der Waals surface area contributed by atoms with Gasteiger partial charge in [0.25, 0.3) is 11.6 Å². The van der Waals surface area contributed by atoms with E-state index in [0.29, 0.717) is 10.6 Å². The number of rotatable bonds is 5. The summed E-state index contributed by atoms with van der Waals surface area (Å²) in [6.45, 7) is 1.95. The Kier molecular flexibility index (Phi) is 5.52. The molecule has 0 radical (unpaired) electrons. The first kappa shape index (κ1) is 18.6. The molecular formula is C21H17ClN2O3. The first-order chi connectivity index (χ1) is 13.0. The van der Waals surface area contributed by atoms with Gasteiger partial charge < -0.3 is 5.32 Å². The highest BCUT2D eigenvalue weighted by Gasteiger charge is 2.20. The number of nitrogens with zero attached hydrogens (tertiary/aromatic N) is 1. The van der Waals surface area contributed by atoms with Crippen LogP contribution in [0.3, 0.4) is 0 Å². The van der Waals surface area contributed by atoms with Gasteiger partial charge in [-0.05, 0) is 41.8 Å². The van der Waals surface area contributed by atoms with Gasteiger partial charge in [-0.3, -0.25) is 14.9 Å². The van der Waals surface area contributed by atoms with Crippen LogP contribution in [0.5, 0.6) is 0 Å². The first-order valence-electron chi connectivity index (χ1n) is 8.32. The van der Waals surface area contributed by atoms with Gasteiger partial charge in [-0.15, -0.1) is 0 Å². The molecule has 5 nitrogen and oxygen atoms in total. The van der Waals surface area contributed by atoms with Crippen molar-refractivity contribution in [3.05, 3.63) is 110 Å². The normalized spacial score (nSPS) is 11.6. The quantitative estimate of drug-likeness (QED) is 0.495. The van der Waals surface area contributed by atoms with E-state index in [9.17, 15) is 14.9 Å². The number of hydrogen-bond acceptors (Lipinski definition) is 3. The third-order valence-electron chi connectivity index (χ3n) is 4.22. The van der Waals surface area contributed by atoms with Crippen molar-refractivity contribution >= 4 is 23.2 Å². The summed E-state index contributed by atoms with van der Waals surface area (Å²) in [6.07, 6.45) is 0. The Hall–Kier alpha value is -3.18. The van der Waals surface area contributed by atoms with Crippen molar-refractivity contribution in [2.45, 2.75) is 13.0 Å². The fourth-order valence-electron chi connectivity index (χ4n) is 2.80. The highest BCUT2D eigenvalue weighted by Crippen LogP contribution is 2.29. The Morgan fingerprint density at radius 3 is 2.30 bits per heavy atom. The van der Waals surface area contributed by atoms with Crippen LogP contribution in [0.15, 0.2) is 72.8 Å². The number of hydrogen-bond donors (Lipinski definition) is 1. The molecule has 0 spiro atoms. The SMILES string of the molecule is Cc1ccc(C(NC(=O)c2ccc([N+](=O)[O-])cc2)c2ccccc2)c(Cl)c1. The number of amides is 1. The van der Waals surface area contributed by atoms with Crippen LogP contribution in [0.25, 0.3) is 0 Å². The van der Waals surface area contributed by atoms with Crippen molar-refractivity contribution in [1.82, 2.24) is 5.32 Å². The van der Waals surface area contributed by atoms with E-state index < -0.39 is 11.0 Å². The molecule has 3 aromatic carbocycles. The van der Waals surface area contributed by atoms with Crippen molar-refractivity contribution in [1.29, 1.82) is 0 Å². The fourth-order valence-corrected chi connectivity index (χ4v) is 3.15. The summed E-state index contributed by atoms with van der Waals surface area (Å²) in [5.74, 6) is -0.338. The van der Waals surface area contributed by atoms with Crippen LogP contribution in [0, 0.1) is 17.0 Å². The minimum atomic E-state index is -0.499. The molecule has 0 aliphatic heterocycles. The highest BCUT2D eigenvalue weighted by atomic mass is 35.5. The number of nitro groups is 1. The Labute approximate surface area is 161 Å². The highest BCUT2D eigenvalue weighted by molar-refractivity contribution is 6.31. The zero-order valence-electron chi connectivity index (χ0n) is 14.6. The van der Waals surface area contributed by atoms with Gasteiger partial charge in [0.1, 0.15) is 0 Å². The molecule has 6 heteroatoms. The van der Waals surface area contributed by atoms with E-state index in [2.05, 4.69) is 5.32 Å². The lowest BCUT2D eigenvalue weighted by Gasteiger charge is -2.21. The van der Waals surface area contributed by atoms with Gasteiger partial charge in [-0.25, -0.2) is 0 Å². The van der Waals surface area contributed by atoms with Crippen LogP contribution in [-0.2, 0) is 0 Å². The van der Waals surface area contributed by atoms with Crippen LogP contribution < -0.4 is 5.32 Å². The Morgan fingerprint density at radius 1 is 1.04 bits per heavy atom. The van der Waals surface area contributed by atoms with Crippen molar-refractivity contribution in [3.8, 4) is 0 Å². The van der Waals surface area contributed by atoms with E-state index in [1.807, 2.05) is 55.5 Å². The summed E-state index contributed by atoms with van der Waals surface area (Å²) in [4.78, 5) is 23.0. The van der Waals surface area contributed by atoms with E-state index in [0.717, 1.165) is 16.7 Å². The van der Waals surface area contributed by atoms with Crippen LogP contribution in [0.2, 0.25) is 5.02 Å². The molecule has 0 saturated heterocycles. The predicted molar refractivity (Wildman–Crippen MR) is 105 cm³/mol. The van der Waals surface area contributed by atoms with E-state index in [4.69, 9.17) is 11.6 Å². The molecule has 0 aliphatic rings. The van der Waals surface area contributed by atoms with Crippen LogP contribution in [-0.4, -0.2) is 10.8 Å². The van der Waals surface area contributed by atoms with E-state index in [1.165, 1.54) is 24.3 Å². The summed E-state index contributed by atoms with van der Waals surface area (Å²) >= 11 is 6.43. The summed E-state index contributed by atoms with van der Waals surface area (Å²) in [5, 5.41) is 14.3. The van der Waals surface area contributed by atoms with Crippen LogP contribution in [0.1, 0.15) is 33.1 Å². The van der Waals surface area contributed by atoms with Crippen molar-refractivity contribution in [2.75, 3.05) is 0 Å². The van der Waals surface area contributed by atoms with Crippen LogP contribution >= 0.6 is 11.6 Å². The molecular weight excluding hydrogens is 364 g/mol. The monoisotopic (exact) mass is 380 g/mol. The van der Waals surface area contributed by atoms with Gasteiger partial charge in [0.05, 0.1) is 11.0 Å². The Morgan fingerprint density at radius 2 is 1.70 bits per heavy atom. The lowest BCUT2D eigenvalue weighted by atomic mass is 9.97. The van der Waals surface area contributed by atoms with Gasteiger partial charge in [0, 0.05) is 22.7 Å². The largest absolute Gasteiger partial charge is 0.341 e. The third kappa shape index (κ3) is 4.33. The Balaban J connectivity index is 1.94. The second-order valence-electron chi connectivity index (χ2n) is 6.15. The summed E-state index contributed by atoms with van der Waals surface area (Å²) in [5.41, 5.74) is 2.97. The van der Waals surface area contributed by atoms with Crippen molar-refractivity contribution < 1.29 is 9.72 Å². The lowest BCUT2D eigenvalue weighted by molar-refractivity contribution is -0.384. The number of benzene rings is 3. The van der Waals surface area contributed by atoms with E-state index >= 15 is 0 Å². The lowest BCUT2D eigenvalue weighted by Crippen LogP contribution is -2.29. The maximum Gasteiger partial charge on any atom is 0.269 e. The number of nitrogens with one attached hydrogen (secondary N) is 1. The molecule has 0 fully saturated rings. The molecule has 27 heavy (non-hydrogen) atoms. The summed E-state index contributed by atoms with van der Waals surface area (Å²) in [7, 11) is 0. The van der Waals surface area contributed by atoms with Crippen molar-refractivity contribution in [2.24, 2.45) is 0 Å². The maximum absolute atomic E-state index is 12.7. The van der Waals surface area contributed by atoms with Crippen LogP contribution in [0.4, 0.5) is 5.69 Å². The first-order valence-corrected chi connectivity index (χ1v) is 8.70. The second-order valence-corrected chi connectivity index (χ2v) is 6.55. The van der Waals surface area contributed by atoms with Gasteiger partial charge in [-0.2, -0.15) is 0 Å². The van der Waals surface area contributed by atoms with E-state index in [1.54, 1.807) is 0 Å². The number of halogens is 1. The number of aryl methyl sites for hydroxylation is 1. The van der Waals surface area contributed by atoms with Gasteiger partial charge in [0.15, 0.2) is 0 Å². The standard InChI is InChI=1S/C21H17ClN2O3/c1-14-7-12-18(19(22)13-14)20(15-5-3-2-4-6-15)23-21(25)16-8-10-17(11-9-16)24(26)27/h2-13,20H,1H3,(H,23,25). The topological polar surface area (TPSA) is 72.2 Å². The molecule has 1 unspecified atom stereocenters. The predicted octanol–water partition coefficient (Wildman–Crippen LogP) is 5.08. The molecule has 1 amide bonds. The second kappa shape index (κ2) is 8.01. The molecule has 0 aliphatic carbocycles. The number of carbonyl (C=O) groups excluding carboxylic acids is 1. The molecule has 1 atom stereocenters. The minimum absolute atomic E-state index is 0.0623. The molecule has 3 aromatic rings. The molecule has 136 valence electrons. The van der Waals surface area contributed by atoms with Gasteiger partial charge >= 0.3 is 0 Å². The number of carbonyl (C=O) groups is 1. The maximum atomic E-state index is 12.7. The molecule has 3 rings (SSSR count). The van der Waals surface area contributed by atoms with Gasteiger partial charge in [-0.1, -0.05) is 54.1 Å². The summed E-state index contributed by atoms with van der Waals surface area (Å²) in [6, 6.07) is 20.2. The molecule has 0 bridgehead atoms. The third-order valence-corrected chi connectivity index (χ3v) is 4.54. The zero-order valence-corrected chi connectivity index (χ0v) is 15.3.